The first kappa shape index (κ1) is 23.6. The Kier molecular flexibility index (Phi) is 5.05. The van der Waals surface area contributed by atoms with E-state index in [2.05, 4.69) is 127 Å². The third-order valence-electron chi connectivity index (χ3n) is 10.5. The molecule has 0 aliphatic heterocycles. The summed E-state index contributed by atoms with van der Waals surface area (Å²) in [5.41, 5.74) is 6.50. The van der Waals surface area contributed by atoms with E-state index in [-0.39, 0.29) is 29.7 Å². The molecule has 0 amide bonds. The van der Waals surface area contributed by atoms with E-state index >= 15 is 0 Å². The van der Waals surface area contributed by atoms with Gasteiger partial charge in [0.15, 0.2) is 0 Å². The molecule has 51 heavy (non-hydrogen) atoms. The number of hydrogen-bond donors (Lipinski definition) is 0. The molecule has 0 fully saturated rings. The zero-order chi connectivity index (χ0) is 37.8. The number of furan rings is 1. The Morgan fingerprint density at radius 2 is 0.941 bits per heavy atom. The third kappa shape index (κ3) is 4.16. The van der Waals surface area contributed by atoms with Crippen molar-refractivity contribution >= 4 is 75.8 Å². The van der Waals surface area contributed by atoms with Crippen molar-refractivity contribution in [1.29, 1.82) is 0 Å². The summed E-state index contributed by atoms with van der Waals surface area (Å²) < 4.78 is 49.7. The van der Waals surface area contributed by atoms with Crippen molar-refractivity contribution in [3.63, 3.8) is 0 Å². The molecular weight excluding hydrogens is 617 g/mol. The Morgan fingerprint density at radius 3 is 1.76 bits per heavy atom. The number of rotatable bonds is 3. The van der Waals surface area contributed by atoms with Crippen LogP contribution in [-0.4, -0.2) is 0 Å². The van der Waals surface area contributed by atoms with Crippen LogP contribution in [0.3, 0.4) is 0 Å². The molecule has 0 aliphatic rings. The van der Waals surface area contributed by atoms with Crippen LogP contribution in [0.4, 0.5) is 0 Å². The lowest BCUT2D eigenvalue weighted by Crippen LogP contribution is -1.93. The highest BCUT2D eigenvalue weighted by atomic mass is 16.3. The fraction of sp³-hybridized carbons (Fsp3) is 0. The van der Waals surface area contributed by atoms with Crippen LogP contribution in [0.15, 0.2) is 186 Å². The molecule has 0 saturated heterocycles. The van der Waals surface area contributed by atoms with Gasteiger partial charge in [0.1, 0.15) is 11.2 Å². The van der Waals surface area contributed by atoms with E-state index in [1.54, 1.807) is 0 Å². The van der Waals surface area contributed by atoms with Gasteiger partial charge in [-0.3, -0.25) is 0 Å². The lowest BCUT2D eigenvalue weighted by Gasteiger charge is -2.20. The van der Waals surface area contributed by atoms with Crippen LogP contribution in [0, 0.1) is 0 Å². The largest absolute Gasteiger partial charge is 0.456 e. The molecule has 0 saturated carbocycles. The van der Waals surface area contributed by atoms with Crippen molar-refractivity contribution in [2.75, 3.05) is 0 Å². The summed E-state index contributed by atoms with van der Waals surface area (Å²) in [6.07, 6.45) is 0. The number of hydrogen-bond acceptors (Lipinski definition) is 1. The first-order chi connectivity index (χ1) is 27.4. The molecular formula is C50H30O. The highest BCUT2D eigenvalue weighted by Crippen LogP contribution is 2.49. The summed E-state index contributed by atoms with van der Waals surface area (Å²) in [6.45, 7) is 0. The van der Waals surface area contributed by atoms with E-state index in [0.29, 0.717) is 5.56 Å². The van der Waals surface area contributed by atoms with Crippen molar-refractivity contribution in [3.8, 4) is 33.4 Å². The smallest absolute Gasteiger partial charge is 0.136 e. The van der Waals surface area contributed by atoms with Crippen LogP contribution >= 0.6 is 0 Å². The number of benzene rings is 10. The predicted octanol–water partition coefficient (Wildman–Crippen LogP) is 14.4. The van der Waals surface area contributed by atoms with Gasteiger partial charge in [0, 0.05) is 10.8 Å². The molecule has 0 aliphatic carbocycles. The maximum absolute atomic E-state index is 8.92. The predicted molar refractivity (Wildman–Crippen MR) is 218 cm³/mol. The first-order valence-corrected chi connectivity index (χ1v) is 17.2. The van der Waals surface area contributed by atoms with Crippen molar-refractivity contribution in [1.82, 2.24) is 0 Å². The molecule has 0 bridgehead atoms. The molecule has 1 nitrogen and oxygen atoms in total. The fourth-order valence-corrected chi connectivity index (χ4v) is 8.36. The minimum absolute atomic E-state index is 0.178. The van der Waals surface area contributed by atoms with E-state index in [1.807, 2.05) is 24.3 Å². The summed E-state index contributed by atoms with van der Waals surface area (Å²) in [5.74, 6) is 0. The summed E-state index contributed by atoms with van der Waals surface area (Å²) in [6, 6.07) is 51.0. The molecule has 11 rings (SSSR count). The van der Waals surface area contributed by atoms with Crippen LogP contribution in [-0.2, 0) is 0 Å². The van der Waals surface area contributed by atoms with E-state index in [9.17, 15) is 0 Å². The van der Waals surface area contributed by atoms with Gasteiger partial charge in [-0.15, -0.1) is 0 Å². The van der Waals surface area contributed by atoms with E-state index in [1.165, 1.54) is 10.8 Å². The standard InChI is InChI=1S/C50H30O/c1-2-12-31(13-3-1)34-25-28-42-44(30-34)48(39-21-10-20-37-35-16-6-4-14-32(35)24-27-38(37)39)41-19-9-8-18-40(41)47(42)43-22-11-23-45-50(43)49-36-17-7-5-15-33(36)26-29-46(49)51-45/h1-30H/i1D,2D,3D,12D,13D. The van der Waals surface area contributed by atoms with E-state index in [4.69, 9.17) is 11.3 Å². The molecule has 1 heterocycles. The van der Waals surface area contributed by atoms with Crippen LogP contribution in [0.25, 0.3) is 109 Å². The second kappa shape index (κ2) is 10.9. The lowest BCUT2D eigenvalue weighted by atomic mass is 9.82. The van der Waals surface area contributed by atoms with Gasteiger partial charge in [-0.05, 0) is 105 Å². The number of fused-ring (bicyclic) bond motifs is 10. The van der Waals surface area contributed by atoms with Crippen LogP contribution in [0.1, 0.15) is 6.85 Å². The van der Waals surface area contributed by atoms with Crippen molar-refractivity contribution in [2.24, 2.45) is 0 Å². The minimum atomic E-state index is -0.408. The topological polar surface area (TPSA) is 13.1 Å². The molecule has 10 aromatic carbocycles. The van der Waals surface area contributed by atoms with Crippen molar-refractivity contribution < 1.29 is 11.3 Å². The summed E-state index contributed by atoms with van der Waals surface area (Å²) in [5, 5.41) is 12.9. The van der Waals surface area contributed by atoms with Crippen molar-refractivity contribution in [2.45, 2.75) is 0 Å². The quantitative estimate of drug-likeness (QED) is 0.137. The Morgan fingerprint density at radius 1 is 0.353 bits per heavy atom. The van der Waals surface area contributed by atoms with Gasteiger partial charge in [-0.1, -0.05) is 164 Å². The fourth-order valence-electron chi connectivity index (χ4n) is 8.36. The molecule has 11 aromatic rings. The second-order valence-electron chi connectivity index (χ2n) is 13.2. The zero-order valence-electron chi connectivity index (χ0n) is 32.3. The van der Waals surface area contributed by atoms with Gasteiger partial charge >= 0.3 is 0 Å². The van der Waals surface area contributed by atoms with Gasteiger partial charge < -0.3 is 4.42 Å². The molecule has 236 valence electrons. The van der Waals surface area contributed by atoms with Crippen molar-refractivity contribution in [3.05, 3.63) is 182 Å². The molecule has 0 radical (unpaired) electrons. The minimum Gasteiger partial charge on any atom is -0.456 e. The van der Waals surface area contributed by atoms with Gasteiger partial charge in [0.05, 0.1) is 6.85 Å². The maximum Gasteiger partial charge on any atom is 0.136 e. The molecule has 0 spiro atoms. The third-order valence-corrected chi connectivity index (χ3v) is 10.5. The van der Waals surface area contributed by atoms with Crippen LogP contribution in [0.5, 0.6) is 0 Å². The highest BCUT2D eigenvalue weighted by Gasteiger charge is 2.22. The van der Waals surface area contributed by atoms with E-state index < -0.39 is 6.04 Å². The van der Waals surface area contributed by atoms with Gasteiger partial charge in [-0.25, -0.2) is 0 Å². The average molecular weight is 652 g/mol. The monoisotopic (exact) mass is 651 g/mol. The molecule has 1 aromatic heterocycles. The van der Waals surface area contributed by atoms with Crippen LogP contribution in [0.2, 0.25) is 0 Å². The Balaban J connectivity index is 1.34. The van der Waals surface area contributed by atoms with E-state index in [0.717, 1.165) is 87.3 Å². The molecule has 1 heteroatoms. The van der Waals surface area contributed by atoms with Crippen LogP contribution < -0.4 is 0 Å². The second-order valence-corrected chi connectivity index (χ2v) is 13.2. The van der Waals surface area contributed by atoms with Gasteiger partial charge in [-0.2, -0.15) is 0 Å². The Hall–Kier alpha value is -6.70. The average Bonchev–Trinajstić information content (AvgIpc) is 3.64. The lowest BCUT2D eigenvalue weighted by molar-refractivity contribution is 0.669. The first-order valence-electron chi connectivity index (χ1n) is 19.7. The zero-order valence-corrected chi connectivity index (χ0v) is 27.3. The Labute approximate surface area is 301 Å². The summed E-state index contributed by atoms with van der Waals surface area (Å²) in [4.78, 5) is 0. The normalized spacial score (nSPS) is 13.3. The Bertz CT molecular complexity index is 3460. The summed E-state index contributed by atoms with van der Waals surface area (Å²) >= 11 is 0. The summed E-state index contributed by atoms with van der Waals surface area (Å²) in [7, 11) is 0. The maximum atomic E-state index is 8.92. The SMILES string of the molecule is [2H]c1c([2H])c([2H])c(-c2ccc3c(-c4cccc5oc6ccc7ccccc7c6c45)c4ccccc4c(-c4cccc5c4ccc4ccccc45)c3c2)c([2H])c1[2H]. The molecule has 0 N–H and O–H groups in total. The molecule has 0 unspecified atom stereocenters. The highest BCUT2D eigenvalue weighted by molar-refractivity contribution is 6.30. The van der Waals surface area contributed by atoms with Gasteiger partial charge in [0.25, 0.3) is 0 Å². The van der Waals surface area contributed by atoms with Gasteiger partial charge in [0.2, 0.25) is 0 Å². The molecule has 0 atom stereocenters.